The summed E-state index contributed by atoms with van der Waals surface area (Å²) in [4.78, 5) is 0. The number of rotatable bonds is 7. The number of hydrogen-bond donors (Lipinski definition) is 1. The highest BCUT2D eigenvalue weighted by Crippen LogP contribution is 2.15. The van der Waals surface area contributed by atoms with Crippen molar-refractivity contribution in [1.82, 2.24) is 0 Å². The summed E-state index contributed by atoms with van der Waals surface area (Å²) in [7, 11) is -1.69. The predicted octanol–water partition coefficient (Wildman–Crippen LogP) is 1.91. The summed E-state index contributed by atoms with van der Waals surface area (Å²) in [5, 5.41) is 9.10. The lowest BCUT2D eigenvalue weighted by Crippen LogP contribution is -2.46. The highest BCUT2D eigenvalue weighted by molar-refractivity contribution is 6.75. The average molecular weight is 236 g/mol. The lowest BCUT2D eigenvalue weighted by Gasteiger charge is -2.29. The van der Waals surface area contributed by atoms with Gasteiger partial charge in [-0.05, 0) is 25.7 Å². The van der Waals surface area contributed by atoms with E-state index in [4.69, 9.17) is 14.0 Å². The Balaban J connectivity index is 4.06. The minimum absolute atomic E-state index is 0.188. The molecular weight excluding hydrogens is 212 g/mol. The van der Waals surface area contributed by atoms with E-state index in [9.17, 15) is 0 Å². The summed E-state index contributed by atoms with van der Waals surface area (Å²) in [5.41, 5.74) is 0. The molecule has 0 aliphatic carbocycles. The van der Waals surface area contributed by atoms with E-state index >= 15 is 0 Å². The first kappa shape index (κ1) is 14.3. The second-order valence-electron chi connectivity index (χ2n) is 4.61. The normalized spacial score (nSPS) is 16.7. The van der Waals surface area contributed by atoms with Crippen LogP contribution in [0.4, 0.5) is 0 Å². The molecule has 0 saturated heterocycles. The van der Waals surface area contributed by atoms with Crippen molar-refractivity contribution >= 4 is 16.6 Å². The van der Waals surface area contributed by atoms with Gasteiger partial charge in [0.2, 0.25) is 16.6 Å². The highest BCUT2D eigenvalue weighted by atomic mass is 28.4. The van der Waals surface area contributed by atoms with Crippen molar-refractivity contribution in [2.75, 3.05) is 19.6 Å². The largest absolute Gasteiger partial charge is 0.418 e. The van der Waals surface area contributed by atoms with Crippen LogP contribution >= 0.6 is 0 Å². The zero-order valence-electron chi connectivity index (χ0n) is 10.1. The van der Waals surface area contributed by atoms with E-state index in [0.29, 0.717) is 0 Å². The number of aliphatic hydroxyl groups is 1. The molecule has 0 aromatic heterocycles. The minimum atomic E-state index is -1.82. The van der Waals surface area contributed by atoms with Crippen LogP contribution in [0.15, 0.2) is 0 Å². The third-order valence-corrected chi connectivity index (χ3v) is 7.69. The molecule has 5 heteroatoms. The van der Waals surface area contributed by atoms with Crippen molar-refractivity contribution in [1.29, 1.82) is 0 Å². The molecule has 86 valence electrons. The Hall–Kier alpha value is 0.314. The lowest BCUT2D eigenvalue weighted by molar-refractivity contribution is 0.271. The van der Waals surface area contributed by atoms with Gasteiger partial charge in [-0.1, -0.05) is 13.3 Å². The van der Waals surface area contributed by atoms with Crippen molar-refractivity contribution in [3.63, 3.8) is 0 Å². The van der Waals surface area contributed by atoms with Gasteiger partial charge < -0.3 is 14.0 Å². The van der Waals surface area contributed by atoms with Crippen LogP contribution in [0.2, 0.25) is 25.7 Å². The molecular formula is C9H24O3Si2. The van der Waals surface area contributed by atoms with Gasteiger partial charge in [0.25, 0.3) is 0 Å². The Morgan fingerprint density at radius 3 is 2.14 bits per heavy atom. The Bertz CT molecular complexity index is 164. The first-order chi connectivity index (χ1) is 6.39. The third kappa shape index (κ3) is 5.26. The Labute approximate surface area is 89.7 Å². The van der Waals surface area contributed by atoms with E-state index in [2.05, 4.69) is 13.5 Å². The topological polar surface area (TPSA) is 38.7 Å². The molecule has 14 heavy (non-hydrogen) atoms. The lowest BCUT2D eigenvalue weighted by atomic mass is 10.6. The zero-order valence-corrected chi connectivity index (χ0v) is 12.1. The summed E-state index contributed by atoms with van der Waals surface area (Å²) < 4.78 is 11.4. The molecule has 0 fully saturated rings. The van der Waals surface area contributed by atoms with Crippen molar-refractivity contribution in [2.24, 2.45) is 0 Å². The molecule has 0 saturated carbocycles. The molecule has 0 aliphatic heterocycles. The molecule has 0 heterocycles. The summed E-state index contributed by atoms with van der Waals surface area (Å²) in [6.45, 7) is 8.42. The van der Waals surface area contributed by atoms with Crippen molar-refractivity contribution < 1.29 is 14.0 Å². The second kappa shape index (κ2) is 6.02. The van der Waals surface area contributed by atoms with Crippen molar-refractivity contribution in [3.05, 3.63) is 0 Å². The van der Waals surface area contributed by atoms with Gasteiger partial charge in [-0.15, -0.1) is 0 Å². The van der Waals surface area contributed by atoms with Gasteiger partial charge in [-0.25, -0.2) is 0 Å². The first-order valence-electron chi connectivity index (χ1n) is 5.19. The molecule has 0 aromatic rings. The van der Waals surface area contributed by atoms with Crippen molar-refractivity contribution in [3.8, 4) is 0 Å². The molecule has 0 spiro atoms. The van der Waals surface area contributed by atoms with Gasteiger partial charge in [-0.2, -0.15) is 0 Å². The van der Waals surface area contributed by atoms with E-state index in [1.165, 1.54) is 0 Å². The Kier molecular flexibility index (Phi) is 6.15. The van der Waals surface area contributed by atoms with E-state index in [1.54, 1.807) is 7.11 Å². The average Bonchev–Trinajstić information content (AvgIpc) is 2.16. The molecule has 1 unspecified atom stereocenters. The molecule has 1 N–H and O–H groups in total. The predicted molar refractivity (Wildman–Crippen MR) is 64.2 cm³/mol. The third-order valence-electron chi connectivity index (χ3n) is 2.42. The van der Waals surface area contributed by atoms with Crippen LogP contribution in [-0.2, 0) is 8.85 Å². The van der Waals surface area contributed by atoms with Gasteiger partial charge in [0, 0.05) is 7.11 Å². The van der Waals surface area contributed by atoms with Crippen LogP contribution < -0.4 is 0 Å². The van der Waals surface area contributed by atoms with Crippen molar-refractivity contribution in [2.45, 2.75) is 39.0 Å². The van der Waals surface area contributed by atoms with Crippen LogP contribution in [0.25, 0.3) is 0 Å². The van der Waals surface area contributed by atoms with Gasteiger partial charge in [-0.3, -0.25) is 0 Å². The quantitative estimate of drug-likeness (QED) is 0.686. The van der Waals surface area contributed by atoms with Gasteiger partial charge in [0.15, 0.2) is 0 Å². The molecule has 0 rings (SSSR count). The van der Waals surface area contributed by atoms with Crippen LogP contribution in [-0.4, -0.2) is 41.3 Å². The van der Waals surface area contributed by atoms with Crippen LogP contribution in [0.5, 0.6) is 0 Å². The van der Waals surface area contributed by atoms with E-state index in [-0.39, 0.29) is 6.23 Å². The maximum absolute atomic E-state index is 9.10. The zero-order chi connectivity index (χ0) is 11.2. The smallest absolute Gasteiger partial charge is 0.213 e. The fourth-order valence-electron chi connectivity index (χ4n) is 1.16. The van der Waals surface area contributed by atoms with E-state index < -0.39 is 16.6 Å². The standard InChI is InChI=1S/C9H24O3Si2/c1-6-7-14(5,11-2)9-12-13(3,4)8-10/h10H,6-9H2,1-5H3. The fraction of sp³-hybridized carbons (Fsp3) is 1.00. The summed E-state index contributed by atoms with van der Waals surface area (Å²) >= 11 is 0. The summed E-state index contributed by atoms with van der Waals surface area (Å²) in [6, 6.07) is 1.12. The molecule has 0 amide bonds. The second-order valence-corrected chi connectivity index (χ2v) is 12.8. The highest BCUT2D eigenvalue weighted by Gasteiger charge is 2.31. The van der Waals surface area contributed by atoms with Crippen LogP contribution in [0, 0.1) is 0 Å². The van der Waals surface area contributed by atoms with Gasteiger partial charge in [0.05, 0.1) is 12.5 Å². The number of hydrogen-bond acceptors (Lipinski definition) is 3. The molecule has 0 aliphatic rings. The molecule has 3 nitrogen and oxygen atoms in total. The van der Waals surface area contributed by atoms with Crippen LogP contribution in [0.1, 0.15) is 13.3 Å². The minimum Gasteiger partial charge on any atom is -0.418 e. The SMILES string of the molecule is CCC[Si](C)(CO[Si](C)(C)CO)OC. The Morgan fingerprint density at radius 2 is 1.79 bits per heavy atom. The van der Waals surface area contributed by atoms with Gasteiger partial charge >= 0.3 is 0 Å². The fourth-order valence-corrected chi connectivity index (χ4v) is 5.56. The molecule has 1 atom stereocenters. The van der Waals surface area contributed by atoms with E-state index in [1.807, 2.05) is 13.1 Å². The molecule has 0 radical (unpaired) electrons. The maximum Gasteiger partial charge on any atom is 0.213 e. The Morgan fingerprint density at radius 1 is 1.21 bits per heavy atom. The summed E-state index contributed by atoms with van der Waals surface area (Å²) in [6.07, 6.45) is 2.05. The maximum atomic E-state index is 9.10. The van der Waals surface area contributed by atoms with Crippen LogP contribution in [0.3, 0.4) is 0 Å². The van der Waals surface area contributed by atoms with E-state index in [0.717, 1.165) is 18.7 Å². The summed E-state index contributed by atoms with van der Waals surface area (Å²) in [5.74, 6) is 0. The molecule has 0 aromatic carbocycles. The number of aliphatic hydroxyl groups excluding tert-OH is 1. The monoisotopic (exact) mass is 236 g/mol. The van der Waals surface area contributed by atoms with Gasteiger partial charge in [0.1, 0.15) is 0 Å². The first-order valence-corrected chi connectivity index (χ1v) is 11.1. The molecule has 0 bridgehead atoms.